The Kier molecular flexibility index (Phi) is 6.35. The molecular weight excluding hydrogens is 336 g/mol. The van der Waals surface area contributed by atoms with Gasteiger partial charge in [0.25, 0.3) is 5.91 Å². The second-order valence-corrected chi connectivity index (χ2v) is 7.66. The molecule has 0 N–H and O–H groups in total. The molecule has 0 unspecified atom stereocenters. The van der Waals surface area contributed by atoms with Crippen LogP contribution in [0.4, 0.5) is 0 Å². The summed E-state index contributed by atoms with van der Waals surface area (Å²) in [5.74, 6) is 1.01. The van der Waals surface area contributed by atoms with E-state index in [0.717, 1.165) is 12.3 Å². The van der Waals surface area contributed by atoms with E-state index in [2.05, 4.69) is 0 Å². The molecule has 1 saturated heterocycles. The van der Waals surface area contributed by atoms with Crippen molar-refractivity contribution in [3.63, 3.8) is 0 Å². The van der Waals surface area contributed by atoms with Gasteiger partial charge in [0.2, 0.25) is 5.91 Å². The summed E-state index contributed by atoms with van der Waals surface area (Å²) in [5.41, 5.74) is 0.654. The fourth-order valence-corrected chi connectivity index (χ4v) is 4.02. The van der Waals surface area contributed by atoms with E-state index in [-0.39, 0.29) is 11.8 Å². The van der Waals surface area contributed by atoms with Gasteiger partial charge in [-0.25, -0.2) is 0 Å². The monoisotopic (exact) mass is 362 g/mol. The van der Waals surface area contributed by atoms with Gasteiger partial charge in [0, 0.05) is 43.2 Å². The number of rotatable bonds is 4. The maximum absolute atomic E-state index is 12.5. The van der Waals surface area contributed by atoms with Crippen molar-refractivity contribution >= 4 is 23.4 Å². The van der Waals surface area contributed by atoms with E-state index in [9.17, 15) is 9.59 Å². The van der Waals surface area contributed by atoms with Crippen LogP contribution in [-0.2, 0) is 4.79 Å². The Labute approximate surface area is 155 Å². The summed E-state index contributed by atoms with van der Waals surface area (Å²) in [6, 6.07) is 6.98. The van der Waals surface area contributed by atoms with Gasteiger partial charge in [-0.1, -0.05) is 43.7 Å². The molecule has 0 atom stereocenters. The van der Waals surface area contributed by atoms with E-state index in [0.29, 0.717) is 43.2 Å². The first-order valence-electron chi connectivity index (χ1n) is 9.46. The van der Waals surface area contributed by atoms with Crippen LogP contribution in [0.15, 0.2) is 24.3 Å². The summed E-state index contributed by atoms with van der Waals surface area (Å²) >= 11 is 5.87. The van der Waals surface area contributed by atoms with E-state index in [1.54, 1.807) is 24.3 Å². The number of hydrogen-bond acceptors (Lipinski definition) is 2. The number of amides is 2. The second-order valence-electron chi connectivity index (χ2n) is 7.22. The number of benzene rings is 1. The molecule has 2 aliphatic rings. The molecule has 4 nitrogen and oxygen atoms in total. The topological polar surface area (TPSA) is 40.6 Å². The lowest BCUT2D eigenvalue weighted by Crippen LogP contribution is -2.50. The van der Waals surface area contributed by atoms with Gasteiger partial charge in [-0.05, 0) is 36.6 Å². The van der Waals surface area contributed by atoms with E-state index >= 15 is 0 Å². The Hall–Kier alpha value is -1.55. The van der Waals surface area contributed by atoms with Crippen molar-refractivity contribution < 1.29 is 9.59 Å². The Bertz CT molecular complexity index is 588. The van der Waals surface area contributed by atoms with Crippen LogP contribution < -0.4 is 0 Å². The van der Waals surface area contributed by atoms with Gasteiger partial charge in [-0.3, -0.25) is 9.59 Å². The van der Waals surface area contributed by atoms with Gasteiger partial charge < -0.3 is 9.80 Å². The quantitative estimate of drug-likeness (QED) is 0.812. The predicted molar refractivity (Wildman–Crippen MR) is 99.7 cm³/mol. The zero-order valence-corrected chi connectivity index (χ0v) is 15.5. The van der Waals surface area contributed by atoms with E-state index in [4.69, 9.17) is 11.6 Å². The highest BCUT2D eigenvalue weighted by atomic mass is 35.5. The number of halogens is 1. The standard InChI is InChI=1S/C20H27ClN2O2/c21-18-9-7-17(8-10-18)20(25)23-14-12-22(13-15-23)19(24)11-6-16-4-2-1-3-5-16/h7-10,16H,1-6,11-15H2. The lowest BCUT2D eigenvalue weighted by atomic mass is 9.86. The molecule has 0 spiro atoms. The molecule has 1 aromatic rings. The average Bonchev–Trinajstić information content (AvgIpc) is 2.67. The van der Waals surface area contributed by atoms with Crippen molar-refractivity contribution in [2.45, 2.75) is 44.9 Å². The summed E-state index contributed by atoms with van der Waals surface area (Å²) in [4.78, 5) is 28.7. The highest BCUT2D eigenvalue weighted by Crippen LogP contribution is 2.27. The molecule has 0 bridgehead atoms. The minimum Gasteiger partial charge on any atom is -0.339 e. The number of carbonyl (C=O) groups is 2. The molecule has 2 fully saturated rings. The smallest absolute Gasteiger partial charge is 0.253 e. The van der Waals surface area contributed by atoms with E-state index in [1.807, 2.05) is 9.80 Å². The lowest BCUT2D eigenvalue weighted by molar-refractivity contribution is -0.133. The zero-order chi connectivity index (χ0) is 17.6. The first-order chi connectivity index (χ1) is 12.1. The maximum atomic E-state index is 12.5. The molecule has 1 aromatic carbocycles. The average molecular weight is 363 g/mol. The molecule has 3 rings (SSSR count). The van der Waals surface area contributed by atoms with Crippen LogP contribution in [0.2, 0.25) is 5.02 Å². The third-order valence-corrected chi connectivity index (χ3v) is 5.75. The van der Waals surface area contributed by atoms with Crippen LogP contribution in [0.5, 0.6) is 0 Å². The van der Waals surface area contributed by atoms with Crippen molar-refractivity contribution in [3.8, 4) is 0 Å². The van der Waals surface area contributed by atoms with Gasteiger partial charge in [-0.2, -0.15) is 0 Å². The molecule has 5 heteroatoms. The van der Waals surface area contributed by atoms with Crippen LogP contribution in [0, 0.1) is 5.92 Å². The Morgan fingerprint density at radius 1 is 0.920 bits per heavy atom. The first-order valence-corrected chi connectivity index (χ1v) is 9.84. The minimum absolute atomic E-state index is 0.0194. The molecule has 0 aromatic heterocycles. The van der Waals surface area contributed by atoms with E-state index < -0.39 is 0 Å². The highest BCUT2D eigenvalue weighted by molar-refractivity contribution is 6.30. The van der Waals surface area contributed by atoms with Crippen molar-refractivity contribution in [2.24, 2.45) is 5.92 Å². The van der Waals surface area contributed by atoms with Gasteiger partial charge in [0.05, 0.1) is 0 Å². The lowest BCUT2D eigenvalue weighted by Gasteiger charge is -2.35. The van der Waals surface area contributed by atoms with Crippen LogP contribution in [-0.4, -0.2) is 47.8 Å². The van der Waals surface area contributed by atoms with Crippen molar-refractivity contribution in [1.29, 1.82) is 0 Å². The molecule has 136 valence electrons. The minimum atomic E-state index is 0.0194. The third kappa shape index (κ3) is 4.97. The van der Waals surface area contributed by atoms with Crippen LogP contribution in [0.1, 0.15) is 55.3 Å². The number of nitrogens with zero attached hydrogens (tertiary/aromatic N) is 2. The summed E-state index contributed by atoms with van der Waals surface area (Å²) in [6.45, 7) is 2.50. The molecule has 1 aliphatic heterocycles. The number of piperazine rings is 1. The Morgan fingerprint density at radius 3 is 2.16 bits per heavy atom. The van der Waals surface area contributed by atoms with Crippen LogP contribution >= 0.6 is 11.6 Å². The molecule has 0 radical (unpaired) electrons. The van der Waals surface area contributed by atoms with Crippen molar-refractivity contribution in [1.82, 2.24) is 9.80 Å². The molecular formula is C20H27ClN2O2. The van der Waals surface area contributed by atoms with E-state index in [1.165, 1.54) is 32.1 Å². The van der Waals surface area contributed by atoms with Gasteiger partial charge in [0.1, 0.15) is 0 Å². The normalized spacial score (nSPS) is 19.1. The van der Waals surface area contributed by atoms with Crippen molar-refractivity contribution in [2.75, 3.05) is 26.2 Å². The van der Waals surface area contributed by atoms with Crippen LogP contribution in [0.3, 0.4) is 0 Å². The maximum Gasteiger partial charge on any atom is 0.253 e. The molecule has 2 amide bonds. The SMILES string of the molecule is O=C(CCC1CCCCC1)N1CCN(C(=O)c2ccc(Cl)cc2)CC1. The number of hydrogen-bond donors (Lipinski definition) is 0. The van der Waals surface area contributed by atoms with Gasteiger partial charge >= 0.3 is 0 Å². The summed E-state index contributed by atoms with van der Waals surface area (Å²) in [7, 11) is 0. The molecule has 25 heavy (non-hydrogen) atoms. The summed E-state index contributed by atoms with van der Waals surface area (Å²) in [6.07, 6.45) is 8.27. The fourth-order valence-electron chi connectivity index (χ4n) is 3.90. The number of carbonyl (C=O) groups excluding carboxylic acids is 2. The van der Waals surface area contributed by atoms with Crippen molar-refractivity contribution in [3.05, 3.63) is 34.9 Å². The summed E-state index contributed by atoms with van der Waals surface area (Å²) < 4.78 is 0. The van der Waals surface area contributed by atoms with Gasteiger partial charge in [-0.15, -0.1) is 0 Å². The zero-order valence-electron chi connectivity index (χ0n) is 14.8. The van der Waals surface area contributed by atoms with Crippen LogP contribution in [0.25, 0.3) is 0 Å². The molecule has 1 heterocycles. The molecule has 1 saturated carbocycles. The first kappa shape index (κ1) is 18.2. The second kappa shape index (κ2) is 8.70. The summed E-state index contributed by atoms with van der Waals surface area (Å²) in [5, 5.41) is 0.630. The third-order valence-electron chi connectivity index (χ3n) is 5.50. The fraction of sp³-hybridized carbons (Fsp3) is 0.600. The Morgan fingerprint density at radius 2 is 1.52 bits per heavy atom. The predicted octanol–water partition coefficient (Wildman–Crippen LogP) is 3.98. The largest absolute Gasteiger partial charge is 0.339 e. The highest BCUT2D eigenvalue weighted by Gasteiger charge is 2.25. The Balaban J connectivity index is 1.43. The molecule has 1 aliphatic carbocycles. The van der Waals surface area contributed by atoms with Gasteiger partial charge in [0.15, 0.2) is 0 Å².